The number of thiophene rings is 1. The fourth-order valence-electron chi connectivity index (χ4n) is 5.59. The molecule has 0 aliphatic carbocycles. The predicted octanol–water partition coefficient (Wildman–Crippen LogP) is 4.44. The highest BCUT2D eigenvalue weighted by molar-refractivity contribution is 7.10. The number of rotatable bonds is 9. The smallest absolute Gasteiger partial charge is 0.254 e. The summed E-state index contributed by atoms with van der Waals surface area (Å²) in [6.45, 7) is 7.12. The number of hydrogen-bond donors (Lipinski definition) is 1. The van der Waals surface area contributed by atoms with Crippen molar-refractivity contribution in [2.45, 2.75) is 63.6 Å². The first-order valence-corrected chi connectivity index (χ1v) is 13.4. The maximum absolute atomic E-state index is 13.7. The van der Waals surface area contributed by atoms with Crippen molar-refractivity contribution in [1.82, 2.24) is 15.1 Å². The Balaban J connectivity index is 1.53. The number of benzene rings is 1. The Bertz CT molecular complexity index is 954. The SMILES string of the molecule is COCCN1C(=O)c2ccccc2[C@H](C(=O)NCCCN2[C@H](C)CCC[C@H]2C)[C@@H]1c1cccs1. The van der Waals surface area contributed by atoms with Gasteiger partial charge in [-0.05, 0) is 56.2 Å². The first-order chi connectivity index (χ1) is 16.5. The van der Waals surface area contributed by atoms with E-state index in [1.54, 1.807) is 18.4 Å². The molecule has 0 spiro atoms. The summed E-state index contributed by atoms with van der Waals surface area (Å²) in [4.78, 5) is 32.5. The third kappa shape index (κ3) is 5.21. The lowest BCUT2D eigenvalue weighted by Gasteiger charge is -2.41. The summed E-state index contributed by atoms with van der Waals surface area (Å²) in [7, 11) is 1.64. The molecule has 1 aromatic heterocycles. The lowest BCUT2D eigenvalue weighted by atomic mass is 9.81. The Hall–Kier alpha value is -2.22. The van der Waals surface area contributed by atoms with Crippen molar-refractivity contribution in [1.29, 1.82) is 0 Å². The molecule has 0 bridgehead atoms. The Labute approximate surface area is 207 Å². The number of carbonyl (C=O) groups is 2. The summed E-state index contributed by atoms with van der Waals surface area (Å²) in [6.07, 6.45) is 4.73. The van der Waals surface area contributed by atoms with Crippen molar-refractivity contribution in [3.8, 4) is 0 Å². The van der Waals surface area contributed by atoms with Crippen LogP contribution in [0.5, 0.6) is 0 Å². The van der Waals surface area contributed by atoms with Gasteiger partial charge in [-0.1, -0.05) is 30.7 Å². The van der Waals surface area contributed by atoms with E-state index in [4.69, 9.17) is 4.74 Å². The Morgan fingerprint density at radius 2 is 1.88 bits per heavy atom. The molecule has 3 heterocycles. The molecule has 4 atom stereocenters. The molecule has 2 aliphatic heterocycles. The summed E-state index contributed by atoms with van der Waals surface area (Å²) in [6, 6.07) is 12.4. The summed E-state index contributed by atoms with van der Waals surface area (Å²) in [5.74, 6) is -0.499. The fraction of sp³-hybridized carbons (Fsp3) is 0.556. The van der Waals surface area contributed by atoms with Gasteiger partial charge in [-0.15, -0.1) is 11.3 Å². The van der Waals surface area contributed by atoms with E-state index in [2.05, 4.69) is 24.1 Å². The van der Waals surface area contributed by atoms with E-state index < -0.39 is 5.92 Å². The van der Waals surface area contributed by atoms with Crippen LogP contribution < -0.4 is 5.32 Å². The van der Waals surface area contributed by atoms with Gasteiger partial charge in [0.25, 0.3) is 5.91 Å². The minimum Gasteiger partial charge on any atom is -0.383 e. The largest absolute Gasteiger partial charge is 0.383 e. The van der Waals surface area contributed by atoms with Gasteiger partial charge < -0.3 is 15.0 Å². The minimum absolute atomic E-state index is 0.0134. The number of amides is 2. The third-order valence-corrected chi connectivity index (χ3v) is 8.30. The van der Waals surface area contributed by atoms with Crippen LogP contribution in [0.3, 0.4) is 0 Å². The zero-order valence-corrected chi connectivity index (χ0v) is 21.4. The van der Waals surface area contributed by atoms with E-state index in [0.29, 0.717) is 37.3 Å². The number of methoxy groups -OCH3 is 1. The van der Waals surface area contributed by atoms with Crippen molar-refractivity contribution < 1.29 is 14.3 Å². The number of nitrogens with one attached hydrogen (secondary N) is 1. The van der Waals surface area contributed by atoms with E-state index >= 15 is 0 Å². The Morgan fingerprint density at radius 3 is 2.59 bits per heavy atom. The van der Waals surface area contributed by atoms with Crippen LogP contribution in [-0.4, -0.2) is 67.0 Å². The van der Waals surface area contributed by atoms with Crippen LogP contribution in [0.15, 0.2) is 41.8 Å². The first kappa shape index (κ1) is 24.9. The molecule has 2 aliphatic rings. The molecule has 7 heteroatoms. The second kappa shape index (κ2) is 11.5. The van der Waals surface area contributed by atoms with Gasteiger partial charge in [0, 0.05) is 49.3 Å². The normalized spacial score (nSPS) is 25.3. The third-order valence-electron chi connectivity index (χ3n) is 7.36. The second-order valence-corrected chi connectivity index (χ2v) is 10.5. The molecular weight excluding hydrogens is 446 g/mol. The van der Waals surface area contributed by atoms with E-state index in [0.717, 1.165) is 23.4 Å². The van der Waals surface area contributed by atoms with Gasteiger partial charge in [-0.2, -0.15) is 0 Å². The van der Waals surface area contributed by atoms with Crippen molar-refractivity contribution in [2.24, 2.45) is 0 Å². The molecule has 6 nitrogen and oxygen atoms in total. The van der Waals surface area contributed by atoms with Gasteiger partial charge in [-0.3, -0.25) is 14.5 Å². The maximum atomic E-state index is 13.7. The Kier molecular flexibility index (Phi) is 8.40. The van der Waals surface area contributed by atoms with Gasteiger partial charge in [-0.25, -0.2) is 0 Å². The van der Waals surface area contributed by atoms with Gasteiger partial charge in [0.05, 0.1) is 18.6 Å². The van der Waals surface area contributed by atoms with Gasteiger partial charge in [0.2, 0.25) is 5.91 Å². The minimum atomic E-state index is -0.447. The van der Waals surface area contributed by atoms with E-state index in [-0.39, 0.29) is 17.9 Å². The van der Waals surface area contributed by atoms with Gasteiger partial charge in [0.1, 0.15) is 0 Å². The molecule has 2 amide bonds. The first-order valence-electron chi connectivity index (χ1n) is 12.5. The molecule has 34 heavy (non-hydrogen) atoms. The fourth-order valence-corrected chi connectivity index (χ4v) is 6.46. The zero-order chi connectivity index (χ0) is 24.1. The number of hydrogen-bond acceptors (Lipinski definition) is 5. The van der Waals surface area contributed by atoms with Crippen molar-refractivity contribution in [2.75, 3.05) is 33.4 Å². The lowest BCUT2D eigenvalue weighted by Crippen LogP contribution is -2.48. The molecule has 1 fully saturated rings. The molecule has 0 radical (unpaired) electrons. The summed E-state index contributed by atoms with van der Waals surface area (Å²) in [5.41, 5.74) is 1.43. The molecule has 1 aromatic carbocycles. The number of piperidine rings is 1. The highest BCUT2D eigenvalue weighted by Crippen LogP contribution is 2.44. The van der Waals surface area contributed by atoms with Crippen LogP contribution in [0.2, 0.25) is 0 Å². The van der Waals surface area contributed by atoms with E-state index in [9.17, 15) is 9.59 Å². The summed E-state index contributed by atoms with van der Waals surface area (Å²) >= 11 is 1.59. The summed E-state index contributed by atoms with van der Waals surface area (Å²) in [5, 5.41) is 5.22. The number of likely N-dealkylation sites (tertiary alicyclic amines) is 1. The zero-order valence-electron chi connectivity index (χ0n) is 20.5. The number of ether oxygens (including phenoxy) is 1. The number of carbonyl (C=O) groups excluding carboxylic acids is 2. The second-order valence-electron chi connectivity index (χ2n) is 9.53. The van der Waals surface area contributed by atoms with E-state index in [1.165, 1.54) is 19.3 Å². The molecule has 1 saturated heterocycles. The molecule has 2 aromatic rings. The average Bonchev–Trinajstić information content (AvgIpc) is 3.37. The molecule has 1 N–H and O–H groups in total. The molecule has 184 valence electrons. The quantitative estimate of drug-likeness (QED) is 0.536. The van der Waals surface area contributed by atoms with Gasteiger partial charge in [0.15, 0.2) is 0 Å². The van der Waals surface area contributed by atoms with Crippen LogP contribution >= 0.6 is 11.3 Å². The highest BCUT2D eigenvalue weighted by atomic mass is 32.1. The Morgan fingerprint density at radius 1 is 1.12 bits per heavy atom. The highest BCUT2D eigenvalue weighted by Gasteiger charge is 2.44. The van der Waals surface area contributed by atoms with E-state index in [1.807, 2.05) is 46.7 Å². The standard InChI is InChI=1S/C27H37N3O3S/c1-19-9-6-10-20(2)29(19)15-8-14-28-26(31)24-21-11-4-5-12-22(21)27(32)30(16-17-33-3)25(24)23-13-7-18-34-23/h4-5,7,11-13,18-20,24-25H,6,8-10,14-17H2,1-3H3,(H,28,31)/t19-,20-,24+,25+/m1/s1. The van der Waals surface area contributed by atoms with Crippen LogP contribution in [0.25, 0.3) is 0 Å². The van der Waals surface area contributed by atoms with Crippen molar-refractivity contribution in [3.63, 3.8) is 0 Å². The van der Waals surface area contributed by atoms with Crippen LogP contribution in [0, 0.1) is 0 Å². The monoisotopic (exact) mass is 483 g/mol. The topological polar surface area (TPSA) is 61.9 Å². The molecular formula is C27H37N3O3S. The van der Waals surface area contributed by atoms with Crippen molar-refractivity contribution >= 4 is 23.2 Å². The molecule has 4 rings (SSSR count). The predicted molar refractivity (Wildman–Crippen MR) is 136 cm³/mol. The number of nitrogens with zero attached hydrogens (tertiary/aromatic N) is 2. The maximum Gasteiger partial charge on any atom is 0.254 e. The van der Waals surface area contributed by atoms with Crippen LogP contribution in [0.4, 0.5) is 0 Å². The van der Waals surface area contributed by atoms with Crippen molar-refractivity contribution in [3.05, 3.63) is 57.8 Å². The number of fused-ring (bicyclic) bond motifs is 1. The average molecular weight is 484 g/mol. The van der Waals surface area contributed by atoms with Gasteiger partial charge >= 0.3 is 0 Å². The van der Waals surface area contributed by atoms with Crippen LogP contribution in [-0.2, 0) is 9.53 Å². The van der Waals surface area contributed by atoms with Crippen LogP contribution in [0.1, 0.15) is 72.3 Å². The molecule has 0 unspecified atom stereocenters. The lowest BCUT2D eigenvalue weighted by molar-refractivity contribution is -0.124. The molecule has 0 saturated carbocycles. The summed E-state index contributed by atoms with van der Waals surface area (Å²) < 4.78 is 5.30.